The molecule has 2 bridgehead atoms. The van der Waals surface area contributed by atoms with Gasteiger partial charge in [0.25, 0.3) is 0 Å². The van der Waals surface area contributed by atoms with E-state index in [1.54, 1.807) is 0 Å². The molecule has 2 aliphatic carbocycles. The van der Waals surface area contributed by atoms with Crippen molar-refractivity contribution < 1.29 is 4.74 Å². The third-order valence-electron chi connectivity index (χ3n) is 6.36. The van der Waals surface area contributed by atoms with Crippen molar-refractivity contribution in [3.8, 4) is 0 Å². The number of nitrogens with zero attached hydrogens (tertiary/aromatic N) is 4. The topological polar surface area (TPSA) is 54.7 Å². The van der Waals surface area contributed by atoms with Gasteiger partial charge >= 0.3 is 0 Å². The van der Waals surface area contributed by atoms with E-state index in [0.29, 0.717) is 0 Å². The van der Waals surface area contributed by atoms with Crippen LogP contribution in [0.1, 0.15) is 43.8 Å². The maximum atomic E-state index is 5.94. The van der Waals surface area contributed by atoms with Crippen LogP contribution >= 0.6 is 0 Å². The second-order valence-electron chi connectivity index (χ2n) is 7.95. The van der Waals surface area contributed by atoms with Gasteiger partial charge in [-0.2, -0.15) is 5.10 Å². The van der Waals surface area contributed by atoms with Crippen LogP contribution in [-0.2, 0) is 11.8 Å². The zero-order valence-electron chi connectivity index (χ0n) is 15.5. The number of aromatic nitrogens is 2. The molecule has 138 valence electrons. The summed E-state index contributed by atoms with van der Waals surface area (Å²) in [5.74, 6) is 4.00. The van der Waals surface area contributed by atoms with Gasteiger partial charge < -0.3 is 15.0 Å². The van der Waals surface area contributed by atoms with E-state index in [0.717, 1.165) is 55.5 Å². The Morgan fingerprint density at radius 3 is 3.00 bits per heavy atom. The van der Waals surface area contributed by atoms with E-state index in [1.807, 2.05) is 31.2 Å². The Bertz CT molecular complexity index is 613. The number of morpholine rings is 1. The quantitative estimate of drug-likeness (QED) is 0.671. The molecule has 0 spiro atoms. The van der Waals surface area contributed by atoms with E-state index in [-0.39, 0.29) is 6.10 Å². The summed E-state index contributed by atoms with van der Waals surface area (Å²) in [6, 6.07) is 0. The highest BCUT2D eigenvalue weighted by Crippen LogP contribution is 2.49. The Hall–Kier alpha value is -1.56. The summed E-state index contributed by atoms with van der Waals surface area (Å²) in [6.45, 7) is 3.49. The molecule has 6 nitrogen and oxygen atoms in total. The molecule has 3 aliphatic rings. The van der Waals surface area contributed by atoms with Gasteiger partial charge in [-0.1, -0.05) is 6.42 Å². The van der Waals surface area contributed by atoms with Gasteiger partial charge in [0.1, 0.15) is 6.10 Å². The molecular formula is C19H31N5O. The fraction of sp³-hybridized carbons (Fsp3) is 0.789. The molecule has 1 aromatic heterocycles. The third kappa shape index (κ3) is 3.68. The van der Waals surface area contributed by atoms with Gasteiger partial charge in [-0.05, 0) is 43.4 Å². The lowest BCUT2D eigenvalue weighted by molar-refractivity contribution is -0.00804. The van der Waals surface area contributed by atoms with Gasteiger partial charge in [0.05, 0.1) is 19.3 Å². The summed E-state index contributed by atoms with van der Waals surface area (Å²) in [5.41, 5.74) is 1.14. The number of guanidine groups is 1. The predicted molar refractivity (Wildman–Crippen MR) is 98.4 cm³/mol. The molecule has 1 N–H and O–H groups in total. The highest BCUT2D eigenvalue weighted by molar-refractivity contribution is 5.80. The van der Waals surface area contributed by atoms with Crippen molar-refractivity contribution in [3.05, 3.63) is 18.0 Å². The summed E-state index contributed by atoms with van der Waals surface area (Å²) in [7, 11) is 3.83. The molecular weight excluding hydrogens is 314 g/mol. The van der Waals surface area contributed by atoms with Crippen LogP contribution < -0.4 is 5.32 Å². The normalized spacial score (nSPS) is 32.4. The lowest BCUT2D eigenvalue weighted by Crippen LogP contribution is -2.48. The monoisotopic (exact) mass is 345 g/mol. The number of hydrogen-bond acceptors (Lipinski definition) is 3. The molecule has 2 saturated carbocycles. The van der Waals surface area contributed by atoms with Gasteiger partial charge in [0.2, 0.25) is 0 Å². The maximum absolute atomic E-state index is 5.94. The smallest absolute Gasteiger partial charge is 0.193 e. The van der Waals surface area contributed by atoms with Crippen LogP contribution in [0, 0.1) is 17.8 Å². The Balaban J connectivity index is 1.28. The largest absolute Gasteiger partial charge is 0.370 e. The number of hydrogen-bond donors (Lipinski definition) is 1. The maximum Gasteiger partial charge on any atom is 0.193 e. The molecule has 1 aliphatic heterocycles. The van der Waals surface area contributed by atoms with Gasteiger partial charge in [-0.25, -0.2) is 0 Å². The van der Waals surface area contributed by atoms with Gasteiger partial charge in [-0.15, -0.1) is 0 Å². The Morgan fingerprint density at radius 1 is 1.40 bits per heavy atom. The van der Waals surface area contributed by atoms with Crippen molar-refractivity contribution in [3.63, 3.8) is 0 Å². The molecule has 1 aromatic rings. The van der Waals surface area contributed by atoms with Crippen molar-refractivity contribution in [2.45, 2.75) is 38.2 Å². The first-order valence-electron chi connectivity index (χ1n) is 9.78. The molecule has 4 atom stereocenters. The first-order chi connectivity index (χ1) is 12.2. The zero-order chi connectivity index (χ0) is 17.2. The predicted octanol–water partition coefficient (Wildman–Crippen LogP) is 2.20. The molecule has 0 radical (unpaired) electrons. The Labute approximate surface area is 150 Å². The first kappa shape index (κ1) is 16.9. The third-order valence-corrected chi connectivity index (χ3v) is 6.36. The lowest BCUT2D eigenvalue weighted by atomic mass is 9.86. The molecule has 0 aromatic carbocycles. The van der Waals surface area contributed by atoms with Crippen LogP contribution in [0.5, 0.6) is 0 Å². The van der Waals surface area contributed by atoms with Crippen molar-refractivity contribution in [2.75, 3.05) is 33.3 Å². The number of aryl methyl sites for hydroxylation is 1. The molecule has 25 heavy (non-hydrogen) atoms. The van der Waals surface area contributed by atoms with Crippen molar-refractivity contribution in [1.29, 1.82) is 0 Å². The van der Waals surface area contributed by atoms with Gasteiger partial charge in [0, 0.05) is 38.9 Å². The number of aliphatic imine (C=N–C) groups is 1. The van der Waals surface area contributed by atoms with Crippen LogP contribution in [0.25, 0.3) is 0 Å². The van der Waals surface area contributed by atoms with E-state index in [9.17, 15) is 0 Å². The van der Waals surface area contributed by atoms with E-state index >= 15 is 0 Å². The number of fused-ring (bicyclic) bond motifs is 2. The fourth-order valence-electron chi connectivity index (χ4n) is 5.08. The molecule has 3 fully saturated rings. The summed E-state index contributed by atoms with van der Waals surface area (Å²) in [5, 5.41) is 7.87. The van der Waals surface area contributed by atoms with Gasteiger partial charge in [0.15, 0.2) is 5.96 Å². The summed E-state index contributed by atoms with van der Waals surface area (Å²) in [6.07, 6.45) is 11.2. The highest BCUT2D eigenvalue weighted by atomic mass is 16.5. The molecule has 1 saturated heterocycles. The fourth-order valence-corrected chi connectivity index (χ4v) is 5.08. The second-order valence-corrected chi connectivity index (χ2v) is 7.95. The average Bonchev–Trinajstić information content (AvgIpc) is 3.36. The Kier molecular flexibility index (Phi) is 4.97. The van der Waals surface area contributed by atoms with E-state index in [2.05, 4.69) is 20.3 Å². The summed E-state index contributed by atoms with van der Waals surface area (Å²) in [4.78, 5) is 6.83. The minimum absolute atomic E-state index is 0.0755. The molecule has 2 heterocycles. The van der Waals surface area contributed by atoms with Crippen molar-refractivity contribution >= 4 is 5.96 Å². The van der Waals surface area contributed by atoms with Crippen LogP contribution in [0.15, 0.2) is 17.4 Å². The SMILES string of the molecule is CN=C(NCCC1CC2CCC1C2)N1CCOC(c2cnn(C)c2)C1. The second kappa shape index (κ2) is 7.36. The van der Waals surface area contributed by atoms with Crippen LogP contribution in [0.3, 0.4) is 0 Å². The molecule has 6 heteroatoms. The van der Waals surface area contributed by atoms with E-state index < -0.39 is 0 Å². The minimum Gasteiger partial charge on any atom is -0.370 e. The summed E-state index contributed by atoms with van der Waals surface area (Å²) < 4.78 is 7.78. The standard InChI is InChI=1S/C19H31N5O/c1-20-19(21-6-5-16-10-14-3-4-15(16)9-14)24-7-8-25-18(13-24)17-11-22-23(2)12-17/h11-12,14-16,18H,3-10,13H2,1-2H3,(H,20,21). The van der Waals surface area contributed by atoms with Crippen molar-refractivity contribution in [2.24, 2.45) is 29.8 Å². The molecule has 4 unspecified atom stereocenters. The lowest BCUT2D eigenvalue weighted by Gasteiger charge is -2.35. The molecule has 4 rings (SSSR count). The number of ether oxygens (including phenoxy) is 1. The molecule has 0 amide bonds. The average molecular weight is 345 g/mol. The number of nitrogens with one attached hydrogen (secondary N) is 1. The number of rotatable bonds is 4. The van der Waals surface area contributed by atoms with Gasteiger partial charge in [-0.3, -0.25) is 9.67 Å². The van der Waals surface area contributed by atoms with Crippen LogP contribution in [0.4, 0.5) is 0 Å². The zero-order valence-corrected chi connectivity index (χ0v) is 15.5. The van der Waals surface area contributed by atoms with E-state index in [4.69, 9.17) is 4.74 Å². The minimum atomic E-state index is 0.0755. The van der Waals surface area contributed by atoms with E-state index in [1.165, 1.54) is 32.1 Å². The summed E-state index contributed by atoms with van der Waals surface area (Å²) >= 11 is 0. The highest BCUT2D eigenvalue weighted by Gasteiger charge is 2.38. The van der Waals surface area contributed by atoms with Crippen LogP contribution in [0.2, 0.25) is 0 Å². The first-order valence-corrected chi connectivity index (χ1v) is 9.78. The Morgan fingerprint density at radius 2 is 2.32 bits per heavy atom. The van der Waals surface area contributed by atoms with Crippen LogP contribution in [-0.4, -0.2) is 53.9 Å². The van der Waals surface area contributed by atoms with Crippen molar-refractivity contribution in [1.82, 2.24) is 20.0 Å².